The molecule has 178 valence electrons. The van der Waals surface area contributed by atoms with Gasteiger partial charge in [0.1, 0.15) is 0 Å². The Labute approximate surface area is 235 Å². The zero-order chi connectivity index (χ0) is 25.1. The SMILES string of the molecule is C[Si]C.[C-]1=CC=CC1.[CH2-]c1ccccc1.[CH2-]c1ccccc1.[Ti+4].c1ccc2c(c1)[cH-]c1ccccc12. The van der Waals surface area contributed by atoms with E-state index < -0.39 is 0 Å². The average Bonchev–Trinajstić information content (AvgIpc) is 3.58. The standard InChI is InChI=1S/C13H9.2C7H7.C5H5.C2H6Si.Ti/c1-3-7-12-10(5-1)9-11-6-2-4-8-13(11)12;2*1-7-5-3-2-4-6-7;1-2-4-5-3-1;1-3-2;/h1-9H;2*2-6H,1H2;1-3H,4H2;1-2H3;/q4*-1;;+4. The van der Waals surface area contributed by atoms with Crippen molar-refractivity contribution in [3.05, 3.63) is 165 Å². The van der Waals surface area contributed by atoms with Crippen molar-refractivity contribution in [1.82, 2.24) is 0 Å². The maximum Gasteiger partial charge on any atom is 4.00 e. The van der Waals surface area contributed by atoms with E-state index in [2.05, 4.69) is 93.7 Å². The summed E-state index contributed by atoms with van der Waals surface area (Å²) in [5.41, 5.74) is 2.14. The Balaban J connectivity index is 0.000000244. The van der Waals surface area contributed by atoms with Gasteiger partial charge in [-0.2, -0.15) is 55.3 Å². The second kappa shape index (κ2) is 19.1. The van der Waals surface area contributed by atoms with E-state index in [0.717, 1.165) is 27.1 Å². The molecule has 0 nitrogen and oxygen atoms in total. The van der Waals surface area contributed by atoms with E-state index in [-0.39, 0.29) is 21.7 Å². The minimum Gasteiger partial charge on any atom is -0.273 e. The van der Waals surface area contributed by atoms with Gasteiger partial charge in [0.15, 0.2) is 0 Å². The van der Waals surface area contributed by atoms with Crippen LogP contribution in [0.15, 0.2) is 133 Å². The molecule has 0 aromatic heterocycles. The smallest absolute Gasteiger partial charge is 0.273 e. The molecule has 0 heterocycles. The van der Waals surface area contributed by atoms with Crippen molar-refractivity contribution in [2.75, 3.05) is 0 Å². The summed E-state index contributed by atoms with van der Waals surface area (Å²) >= 11 is 0. The fourth-order valence-corrected chi connectivity index (χ4v) is 3.20. The maximum absolute atomic E-state index is 3.72. The molecule has 1 aliphatic rings. The molecule has 1 aliphatic carbocycles. The number of hydrogen-bond donors (Lipinski definition) is 0. The third-order valence-electron chi connectivity index (χ3n) is 4.79. The molecular weight excluding hydrogens is 484 g/mol. The van der Waals surface area contributed by atoms with E-state index in [1.807, 2.05) is 72.8 Å². The number of rotatable bonds is 0. The minimum absolute atomic E-state index is 0. The number of hydrogen-bond acceptors (Lipinski definition) is 0. The summed E-state index contributed by atoms with van der Waals surface area (Å²) in [5, 5.41) is 5.39. The van der Waals surface area contributed by atoms with Crippen LogP contribution >= 0.6 is 0 Å². The summed E-state index contributed by atoms with van der Waals surface area (Å²) < 4.78 is 0. The van der Waals surface area contributed by atoms with Crippen LogP contribution in [0.2, 0.25) is 13.1 Å². The van der Waals surface area contributed by atoms with E-state index in [0.29, 0.717) is 0 Å². The summed E-state index contributed by atoms with van der Waals surface area (Å²) in [5.74, 6) is 0. The van der Waals surface area contributed by atoms with Crippen molar-refractivity contribution in [3.63, 3.8) is 0 Å². The van der Waals surface area contributed by atoms with Gasteiger partial charge in [-0.05, 0) is 0 Å². The Morgan fingerprint density at radius 1 is 0.639 bits per heavy atom. The molecule has 2 radical (unpaired) electrons. The minimum atomic E-state index is 0. The Morgan fingerprint density at radius 3 is 1.31 bits per heavy atom. The Bertz CT molecular complexity index is 1170. The molecule has 0 amide bonds. The molecule has 0 saturated carbocycles. The number of fused-ring (bicyclic) bond motifs is 3. The van der Waals surface area contributed by atoms with Gasteiger partial charge in [0.25, 0.3) is 0 Å². The predicted octanol–water partition coefficient (Wildman–Crippen LogP) is 9.54. The van der Waals surface area contributed by atoms with Gasteiger partial charge < -0.3 is 0 Å². The van der Waals surface area contributed by atoms with Gasteiger partial charge >= 0.3 is 21.7 Å². The molecule has 0 fully saturated rings. The molecule has 6 rings (SSSR count). The van der Waals surface area contributed by atoms with E-state index in [9.17, 15) is 0 Å². The van der Waals surface area contributed by atoms with Gasteiger partial charge in [-0.15, -0.1) is 70.4 Å². The normalized spacial score (nSPS) is 10.3. The molecule has 0 bridgehead atoms. The first-order valence-corrected chi connectivity index (χ1v) is 13.7. The van der Waals surface area contributed by atoms with Crippen LogP contribution in [-0.2, 0) is 21.7 Å². The van der Waals surface area contributed by atoms with Crippen LogP contribution in [0.3, 0.4) is 0 Å². The zero-order valence-electron chi connectivity index (χ0n) is 21.3. The number of benzene rings is 4. The molecule has 0 unspecified atom stereocenters. The summed E-state index contributed by atoms with van der Waals surface area (Å²) in [4.78, 5) is 0. The van der Waals surface area contributed by atoms with Crippen LogP contribution in [0.4, 0.5) is 0 Å². The van der Waals surface area contributed by atoms with Crippen molar-refractivity contribution in [3.8, 4) is 0 Å². The van der Waals surface area contributed by atoms with Crippen molar-refractivity contribution in [2.45, 2.75) is 19.5 Å². The summed E-state index contributed by atoms with van der Waals surface area (Å²) in [6, 6.07) is 39.0. The zero-order valence-corrected chi connectivity index (χ0v) is 23.9. The molecular formula is C34H34SiTi. The van der Waals surface area contributed by atoms with Crippen LogP contribution in [-0.4, -0.2) is 9.52 Å². The largest absolute Gasteiger partial charge is 4.00 e. The van der Waals surface area contributed by atoms with Crippen LogP contribution in [0.1, 0.15) is 17.5 Å². The van der Waals surface area contributed by atoms with Crippen LogP contribution < -0.4 is 0 Å². The van der Waals surface area contributed by atoms with E-state index >= 15 is 0 Å². The Morgan fingerprint density at radius 2 is 1.03 bits per heavy atom. The van der Waals surface area contributed by atoms with Crippen molar-refractivity contribution in [2.24, 2.45) is 0 Å². The molecule has 5 aromatic carbocycles. The summed E-state index contributed by atoms with van der Waals surface area (Å²) in [7, 11) is 1.08. The first kappa shape index (κ1) is 30.9. The Hall–Kier alpha value is -3.10. The molecule has 36 heavy (non-hydrogen) atoms. The molecule has 2 heteroatoms. The van der Waals surface area contributed by atoms with Crippen LogP contribution in [0, 0.1) is 19.9 Å². The van der Waals surface area contributed by atoms with Crippen LogP contribution in [0.25, 0.3) is 21.5 Å². The third kappa shape index (κ3) is 12.0. The molecule has 0 spiro atoms. The fourth-order valence-electron chi connectivity index (χ4n) is 3.20. The average molecular weight is 519 g/mol. The summed E-state index contributed by atoms with van der Waals surface area (Å²) in [6.07, 6.45) is 10.0. The van der Waals surface area contributed by atoms with Crippen LogP contribution in [0.5, 0.6) is 0 Å². The predicted molar refractivity (Wildman–Crippen MR) is 158 cm³/mol. The van der Waals surface area contributed by atoms with Crippen molar-refractivity contribution in [1.29, 1.82) is 0 Å². The van der Waals surface area contributed by atoms with Gasteiger partial charge in [-0.3, -0.25) is 6.08 Å². The third-order valence-corrected chi connectivity index (χ3v) is 4.79. The molecule has 5 aromatic rings. The molecule has 0 saturated heterocycles. The van der Waals surface area contributed by atoms with Gasteiger partial charge in [0.05, 0.1) is 0 Å². The van der Waals surface area contributed by atoms with Gasteiger partial charge in [0.2, 0.25) is 0 Å². The van der Waals surface area contributed by atoms with Gasteiger partial charge in [-0.25, -0.2) is 12.2 Å². The second-order valence-corrected chi connectivity index (χ2v) is 8.79. The fraction of sp³-hybridized carbons (Fsp3) is 0.0882. The molecule has 0 N–H and O–H groups in total. The topological polar surface area (TPSA) is 0 Å². The quantitative estimate of drug-likeness (QED) is 0.141. The van der Waals surface area contributed by atoms with E-state index in [1.54, 1.807) is 0 Å². The van der Waals surface area contributed by atoms with Crippen molar-refractivity contribution < 1.29 is 21.7 Å². The Kier molecular flexibility index (Phi) is 16.4. The van der Waals surface area contributed by atoms with E-state index in [4.69, 9.17) is 0 Å². The van der Waals surface area contributed by atoms with E-state index in [1.165, 1.54) is 21.5 Å². The molecule has 0 aliphatic heterocycles. The second-order valence-electron chi connectivity index (χ2n) is 7.79. The first-order chi connectivity index (χ1) is 17.2. The summed E-state index contributed by atoms with van der Waals surface area (Å²) in [6.45, 7) is 11.7. The van der Waals surface area contributed by atoms with Crippen molar-refractivity contribution >= 4 is 31.1 Å². The van der Waals surface area contributed by atoms with Gasteiger partial charge in [-0.1, -0.05) is 61.6 Å². The monoisotopic (exact) mass is 518 g/mol. The molecule has 0 atom stereocenters. The first-order valence-electron chi connectivity index (χ1n) is 11.7. The van der Waals surface area contributed by atoms with Gasteiger partial charge in [0, 0.05) is 9.52 Å². The number of allylic oxidation sites excluding steroid dienone is 4. The maximum atomic E-state index is 3.72.